The van der Waals surface area contributed by atoms with Crippen molar-refractivity contribution >= 4 is 0 Å². The highest BCUT2D eigenvalue weighted by atomic mass is 19.3. The summed E-state index contributed by atoms with van der Waals surface area (Å²) < 4.78 is 37.7. The van der Waals surface area contributed by atoms with Crippen LogP contribution in [0.3, 0.4) is 0 Å². The van der Waals surface area contributed by atoms with Gasteiger partial charge < -0.3 is 14.8 Å². The molecule has 0 aromatic heterocycles. The summed E-state index contributed by atoms with van der Waals surface area (Å²) in [5.74, 6) is 1.08. The maximum absolute atomic E-state index is 13.5. The maximum Gasteiger partial charge on any atom is 0.258 e. The van der Waals surface area contributed by atoms with Crippen LogP contribution in [0.25, 0.3) is 0 Å². The third kappa shape index (κ3) is 3.83. The standard InChI is InChI=1S/C15H22F2N2O2/c1-3-21-12-5-4-11(10-13(12)20-2)14(15(16)17)19-8-6-18-7-9-19/h4-5,10,14-15,18H,3,6-9H2,1-2H3/t14-/m0/s1. The molecule has 0 saturated carbocycles. The van der Waals surface area contributed by atoms with E-state index in [9.17, 15) is 8.78 Å². The summed E-state index contributed by atoms with van der Waals surface area (Å²) in [6, 6.07) is 4.16. The van der Waals surface area contributed by atoms with Crippen molar-refractivity contribution < 1.29 is 18.3 Å². The first-order valence-corrected chi connectivity index (χ1v) is 7.21. The topological polar surface area (TPSA) is 33.7 Å². The van der Waals surface area contributed by atoms with Gasteiger partial charge in [-0.2, -0.15) is 0 Å². The Bertz CT molecular complexity index is 451. The lowest BCUT2D eigenvalue weighted by atomic mass is 10.0. The van der Waals surface area contributed by atoms with E-state index in [0.29, 0.717) is 36.8 Å². The molecule has 0 spiro atoms. The van der Waals surface area contributed by atoms with Crippen LogP contribution >= 0.6 is 0 Å². The number of alkyl halides is 2. The van der Waals surface area contributed by atoms with E-state index in [4.69, 9.17) is 9.47 Å². The molecule has 0 radical (unpaired) electrons. The fourth-order valence-electron chi connectivity index (χ4n) is 2.62. The summed E-state index contributed by atoms with van der Waals surface area (Å²) in [7, 11) is 1.52. The second-order valence-electron chi connectivity index (χ2n) is 4.91. The number of methoxy groups -OCH3 is 1. The molecular formula is C15H22F2N2O2. The Morgan fingerprint density at radius 3 is 2.52 bits per heavy atom. The van der Waals surface area contributed by atoms with Crippen molar-refractivity contribution in [1.82, 2.24) is 10.2 Å². The van der Waals surface area contributed by atoms with Crippen LogP contribution in [0.5, 0.6) is 11.5 Å². The zero-order valence-electron chi connectivity index (χ0n) is 12.4. The minimum atomic E-state index is -2.44. The van der Waals surface area contributed by atoms with E-state index < -0.39 is 12.5 Å². The van der Waals surface area contributed by atoms with Crippen LogP contribution in [-0.2, 0) is 0 Å². The second kappa shape index (κ2) is 7.56. The molecule has 2 rings (SSSR count). The first kappa shape index (κ1) is 16.0. The zero-order valence-corrected chi connectivity index (χ0v) is 12.4. The first-order valence-electron chi connectivity index (χ1n) is 7.21. The molecule has 21 heavy (non-hydrogen) atoms. The predicted octanol–water partition coefficient (Wildman–Crippen LogP) is 2.31. The lowest BCUT2D eigenvalue weighted by molar-refractivity contribution is 0.0180. The summed E-state index contributed by atoms with van der Waals surface area (Å²) in [6.07, 6.45) is -2.44. The number of nitrogens with zero attached hydrogens (tertiary/aromatic N) is 1. The first-order chi connectivity index (χ1) is 10.2. The molecule has 1 saturated heterocycles. The smallest absolute Gasteiger partial charge is 0.258 e. The van der Waals surface area contributed by atoms with Crippen LogP contribution in [0, 0.1) is 0 Å². The quantitative estimate of drug-likeness (QED) is 0.874. The van der Waals surface area contributed by atoms with Gasteiger partial charge in [-0.15, -0.1) is 0 Å². The third-order valence-corrected chi connectivity index (χ3v) is 3.61. The van der Waals surface area contributed by atoms with Gasteiger partial charge in [0.1, 0.15) is 0 Å². The van der Waals surface area contributed by atoms with Crippen LogP contribution in [0.4, 0.5) is 8.78 Å². The van der Waals surface area contributed by atoms with Gasteiger partial charge in [0.2, 0.25) is 0 Å². The lowest BCUT2D eigenvalue weighted by Crippen LogP contribution is -2.46. The molecule has 1 heterocycles. The Morgan fingerprint density at radius 2 is 1.95 bits per heavy atom. The third-order valence-electron chi connectivity index (χ3n) is 3.61. The second-order valence-corrected chi connectivity index (χ2v) is 4.91. The van der Waals surface area contributed by atoms with E-state index in [1.54, 1.807) is 18.2 Å². The average molecular weight is 300 g/mol. The SMILES string of the molecule is CCOc1ccc([C@@H](C(F)F)N2CCNCC2)cc1OC. The Morgan fingerprint density at radius 1 is 1.24 bits per heavy atom. The summed E-state index contributed by atoms with van der Waals surface area (Å²) in [5, 5.41) is 3.18. The fraction of sp³-hybridized carbons (Fsp3) is 0.600. The van der Waals surface area contributed by atoms with E-state index in [0.717, 1.165) is 13.1 Å². The number of ether oxygens (including phenoxy) is 2. The molecule has 1 aromatic rings. The van der Waals surface area contributed by atoms with Crippen molar-refractivity contribution in [3.63, 3.8) is 0 Å². The van der Waals surface area contributed by atoms with Gasteiger partial charge in [-0.25, -0.2) is 8.78 Å². The Hall–Kier alpha value is -1.40. The highest BCUT2D eigenvalue weighted by molar-refractivity contribution is 5.44. The molecule has 0 unspecified atom stereocenters. The van der Waals surface area contributed by atoms with Crippen molar-refractivity contribution in [2.24, 2.45) is 0 Å². The number of hydrogen-bond donors (Lipinski definition) is 1. The fourth-order valence-corrected chi connectivity index (χ4v) is 2.62. The molecule has 1 fully saturated rings. The highest BCUT2D eigenvalue weighted by Gasteiger charge is 2.30. The van der Waals surface area contributed by atoms with Crippen LogP contribution in [0.2, 0.25) is 0 Å². The van der Waals surface area contributed by atoms with E-state index >= 15 is 0 Å². The molecule has 1 aromatic carbocycles. The van der Waals surface area contributed by atoms with Gasteiger partial charge in [0.25, 0.3) is 6.43 Å². The Kier molecular flexibility index (Phi) is 5.76. The van der Waals surface area contributed by atoms with E-state index in [-0.39, 0.29) is 0 Å². The molecule has 0 bridgehead atoms. The molecule has 118 valence electrons. The summed E-state index contributed by atoms with van der Waals surface area (Å²) in [6.45, 7) is 5.08. The predicted molar refractivity (Wildman–Crippen MR) is 77.4 cm³/mol. The summed E-state index contributed by atoms with van der Waals surface area (Å²) in [4.78, 5) is 1.82. The van der Waals surface area contributed by atoms with Crippen molar-refractivity contribution in [1.29, 1.82) is 0 Å². The highest BCUT2D eigenvalue weighted by Crippen LogP contribution is 2.34. The van der Waals surface area contributed by atoms with Crippen LogP contribution in [0.1, 0.15) is 18.5 Å². The maximum atomic E-state index is 13.5. The molecule has 6 heteroatoms. The molecule has 4 nitrogen and oxygen atoms in total. The Balaban J connectivity index is 2.27. The number of hydrogen-bond acceptors (Lipinski definition) is 4. The van der Waals surface area contributed by atoms with E-state index in [2.05, 4.69) is 5.32 Å². The van der Waals surface area contributed by atoms with Crippen LogP contribution < -0.4 is 14.8 Å². The lowest BCUT2D eigenvalue weighted by Gasteiger charge is -2.34. The van der Waals surface area contributed by atoms with Gasteiger partial charge in [-0.1, -0.05) is 6.07 Å². The summed E-state index contributed by atoms with van der Waals surface area (Å²) in [5.41, 5.74) is 0.562. The van der Waals surface area contributed by atoms with E-state index in [1.165, 1.54) is 7.11 Å². The minimum absolute atomic E-state index is 0.495. The molecular weight excluding hydrogens is 278 g/mol. The normalized spacial score (nSPS) is 17.8. The molecule has 1 N–H and O–H groups in total. The van der Waals surface area contributed by atoms with Crippen molar-refractivity contribution in [3.05, 3.63) is 23.8 Å². The molecule has 1 aliphatic rings. The van der Waals surface area contributed by atoms with Crippen molar-refractivity contribution in [2.45, 2.75) is 19.4 Å². The number of benzene rings is 1. The van der Waals surface area contributed by atoms with E-state index in [1.807, 2.05) is 11.8 Å². The largest absolute Gasteiger partial charge is 0.493 e. The average Bonchev–Trinajstić information content (AvgIpc) is 2.50. The monoisotopic (exact) mass is 300 g/mol. The van der Waals surface area contributed by atoms with Crippen molar-refractivity contribution in [2.75, 3.05) is 39.9 Å². The van der Waals surface area contributed by atoms with Gasteiger partial charge in [0.15, 0.2) is 11.5 Å². The zero-order chi connectivity index (χ0) is 15.2. The summed E-state index contributed by atoms with van der Waals surface area (Å²) >= 11 is 0. The van der Waals surface area contributed by atoms with Gasteiger partial charge in [0, 0.05) is 26.2 Å². The van der Waals surface area contributed by atoms with Crippen molar-refractivity contribution in [3.8, 4) is 11.5 Å². The molecule has 1 aliphatic heterocycles. The minimum Gasteiger partial charge on any atom is -0.493 e. The molecule has 0 amide bonds. The number of nitrogens with one attached hydrogen (secondary N) is 1. The molecule has 1 atom stereocenters. The number of halogens is 2. The van der Waals surface area contributed by atoms with Crippen LogP contribution in [-0.4, -0.2) is 51.2 Å². The van der Waals surface area contributed by atoms with Gasteiger partial charge in [0.05, 0.1) is 19.8 Å². The molecule has 0 aliphatic carbocycles. The number of rotatable bonds is 6. The number of piperazine rings is 1. The van der Waals surface area contributed by atoms with Crippen LogP contribution in [0.15, 0.2) is 18.2 Å². The van der Waals surface area contributed by atoms with Gasteiger partial charge >= 0.3 is 0 Å². The Labute approximate surface area is 124 Å². The van der Waals surface area contributed by atoms with Gasteiger partial charge in [-0.05, 0) is 24.6 Å². The van der Waals surface area contributed by atoms with Gasteiger partial charge in [-0.3, -0.25) is 4.90 Å².